The maximum absolute atomic E-state index is 12.8. The summed E-state index contributed by atoms with van der Waals surface area (Å²) in [5.41, 5.74) is -0.753. The second-order valence-corrected chi connectivity index (χ2v) is 8.28. The van der Waals surface area contributed by atoms with E-state index in [1.54, 1.807) is 18.2 Å². The monoisotopic (exact) mass is 481 g/mol. The van der Waals surface area contributed by atoms with Crippen LogP contribution in [0.15, 0.2) is 73.6 Å². The Morgan fingerprint density at radius 1 is 0.735 bits per heavy atom. The summed E-state index contributed by atoms with van der Waals surface area (Å²) in [4.78, 5) is 49.7. The molecule has 0 aliphatic carbocycles. The number of pyridine rings is 3. The van der Waals surface area contributed by atoms with Crippen LogP contribution < -0.4 is 0 Å². The van der Waals surface area contributed by atoms with Crippen LogP contribution in [0.1, 0.15) is 31.1 Å². The van der Waals surface area contributed by atoms with E-state index in [1.165, 1.54) is 55.4 Å². The van der Waals surface area contributed by atoms with E-state index in [-0.39, 0.29) is 22.4 Å². The molecule has 1 aliphatic heterocycles. The van der Waals surface area contributed by atoms with Crippen LogP contribution in [0.4, 0.5) is 0 Å². The standard InChI is InChI=1S/C23H19N3O7S/c27-20(14-4-1-7-24-10-14)31-17-13-34-23(30)19(33-22(29)16-6-3-9-26-12-16)18(17)32-21(28)15-5-2-8-25-11-15/h1-12,17-19,23,30H,13H2/t17-,18+,19-,23-/m1/s1. The van der Waals surface area contributed by atoms with Crippen LogP contribution in [0.5, 0.6) is 0 Å². The number of ether oxygens (including phenoxy) is 3. The largest absolute Gasteiger partial charge is 0.454 e. The minimum absolute atomic E-state index is 0.0963. The summed E-state index contributed by atoms with van der Waals surface area (Å²) in [5, 5.41) is 10.6. The number of aromatic nitrogens is 3. The number of aliphatic hydroxyl groups excluding tert-OH is 1. The van der Waals surface area contributed by atoms with Gasteiger partial charge < -0.3 is 19.3 Å². The Labute approximate surface area is 198 Å². The molecule has 0 radical (unpaired) electrons. The first-order valence-electron chi connectivity index (χ1n) is 10.2. The fourth-order valence-corrected chi connectivity index (χ4v) is 4.21. The molecule has 3 aromatic heterocycles. The summed E-state index contributed by atoms with van der Waals surface area (Å²) in [6.45, 7) is 0. The van der Waals surface area contributed by atoms with Crippen LogP contribution in [0.2, 0.25) is 0 Å². The molecule has 0 unspecified atom stereocenters. The molecular weight excluding hydrogens is 462 g/mol. The van der Waals surface area contributed by atoms with E-state index >= 15 is 0 Å². The molecule has 0 aromatic carbocycles. The zero-order valence-corrected chi connectivity index (χ0v) is 18.4. The molecule has 1 N–H and O–H groups in total. The van der Waals surface area contributed by atoms with Gasteiger partial charge in [0.25, 0.3) is 0 Å². The Morgan fingerprint density at radius 2 is 1.18 bits per heavy atom. The summed E-state index contributed by atoms with van der Waals surface area (Å²) in [7, 11) is 0. The van der Waals surface area contributed by atoms with Crippen LogP contribution in [-0.4, -0.2) is 67.5 Å². The van der Waals surface area contributed by atoms with Gasteiger partial charge in [-0.3, -0.25) is 15.0 Å². The van der Waals surface area contributed by atoms with Crippen molar-refractivity contribution in [1.29, 1.82) is 0 Å². The first kappa shape index (κ1) is 23.3. The van der Waals surface area contributed by atoms with Crippen molar-refractivity contribution in [1.82, 2.24) is 15.0 Å². The third-order valence-corrected chi connectivity index (χ3v) is 5.97. The van der Waals surface area contributed by atoms with Gasteiger partial charge in [0.1, 0.15) is 5.44 Å². The summed E-state index contributed by atoms with van der Waals surface area (Å²) >= 11 is 1.00. The summed E-state index contributed by atoms with van der Waals surface area (Å²) in [6.07, 6.45) is 4.82. The highest BCUT2D eigenvalue weighted by molar-refractivity contribution is 7.99. The van der Waals surface area contributed by atoms with Crippen LogP contribution in [-0.2, 0) is 14.2 Å². The second-order valence-electron chi connectivity index (χ2n) is 7.13. The fraction of sp³-hybridized carbons (Fsp3) is 0.217. The van der Waals surface area contributed by atoms with Crippen LogP contribution >= 0.6 is 11.8 Å². The average molecular weight is 481 g/mol. The van der Waals surface area contributed by atoms with Gasteiger partial charge in [0.15, 0.2) is 18.3 Å². The van der Waals surface area contributed by atoms with Gasteiger partial charge in [0, 0.05) is 42.9 Å². The van der Waals surface area contributed by atoms with Gasteiger partial charge in [0.2, 0.25) is 0 Å². The number of nitrogens with zero attached hydrogens (tertiary/aromatic N) is 3. The smallest absolute Gasteiger partial charge is 0.340 e. The zero-order chi connectivity index (χ0) is 23.9. The number of aliphatic hydroxyl groups is 1. The van der Waals surface area contributed by atoms with E-state index in [0.29, 0.717) is 0 Å². The van der Waals surface area contributed by atoms with E-state index in [9.17, 15) is 19.5 Å². The molecule has 34 heavy (non-hydrogen) atoms. The van der Waals surface area contributed by atoms with Crippen molar-refractivity contribution in [3.63, 3.8) is 0 Å². The Hall–Kier alpha value is -3.83. The number of carbonyl (C=O) groups is 3. The molecule has 1 saturated heterocycles. The van der Waals surface area contributed by atoms with Gasteiger partial charge in [0.05, 0.1) is 16.7 Å². The molecule has 0 saturated carbocycles. The van der Waals surface area contributed by atoms with E-state index in [2.05, 4.69) is 15.0 Å². The lowest BCUT2D eigenvalue weighted by atomic mass is 10.1. The van der Waals surface area contributed by atoms with Crippen molar-refractivity contribution < 1.29 is 33.7 Å². The molecule has 11 heteroatoms. The Kier molecular flexibility index (Phi) is 7.45. The summed E-state index contributed by atoms with van der Waals surface area (Å²) in [6, 6.07) is 9.21. The van der Waals surface area contributed by atoms with Gasteiger partial charge in [-0.25, -0.2) is 14.4 Å². The lowest BCUT2D eigenvalue weighted by molar-refractivity contribution is -0.105. The number of hydrogen-bond donors (Lipinski definition) is 1. The number of rotatable bonds is 6. The number of thioether (sulfide) groups is 1. The average Bonchev–Trinajstić information content (AvgIpc) is 2.89. The van der Waals surface area contributed by atoms with Crippen molar-refractivity contribution in [3.8, 4) is 0 Å². The first-order valence-corrected chi connectivity index (χ1v) is 11.2. The molecule has 4 rings (SSSR count). The molecule has 3 aromatic rings. The molecule has 4 heterocycles. The second kappa shape index (κ2) is 10.9. The summed E-state index contributed by atoms with van der Waals surface area (Å²) < 4.78 is 16.7. The van der Waals surface area contributed by atoms with Gasteiger partial charge in [-0.15, -0.1) is 11.8 Å². The molecule has 4 atom stereocenters. The third-order valence-electron chi connectivity index (χ3n) is 4.84. The van der Waals surface area contributed by atoms with Gasteiger partial charge in [-0.05, 0) is 36.4 Å². The van der Waals surface area contributed by atoms with E-state index < -0.39 is 41.7 Å². The molecule has 0 spiro atoms. The van der Waals surface area contributed by atoms with E-state index in [4.69, 9.17) is 14.2 Å². The van der Waals surface area contributed by atoms with E-state index in [1.807, 2.05) is 0 Å². The quantitative estimate of drug-likeness (QED) is 0.408. The maximum Gasteiger partial charge on any atom is 0.340 e. The zero-order valence-electron chi connectivity index (χ0n) is 17.6. The predicted octanol–water partition coefficient (Wildman–Crippen LogP) is 1.91. The first-order chi connectivity index (χ1) is 16.5. The number of carbonyl (C=O) groups excluding carboxylic acids is 3. The van der Waals surface area contributed by atoms with Crippen LogP contribution in [0.25, 0.3) is 0 Å². The Morgan fingerprint density at radius 3 is 1.62 bits per heavy atom. The molecule has 10 nitrogen and oxygen atoms in total. The fourth-order valence-electron chi connectivity index (χ4n) is 3.17. The summed E-state index contributed by atoms with van der Waals surface area (Å²) in [5.74, 6) is -2.16. The highest BCUT2D eigenvalue weighted by atomic mass is 32.2. The predicted molar refractivity (Wildman–Crippen MR) is 119 cm³/mol. The lowest BCUT2D eigenvalue weighted by Gasteiger charge is -2.38. The van der Waals surface area contributed by atoms with Gasteiger partial charge >= 0.3 is 17.9 Å². The highest BCUT2D eigenvalue weighted by Gasteiger charge is 2.47. The molecule has 174 valence electrons. The third kappa shape index (κ3) is 5.56. The topological polar surface area (TPSA) is 138 Å². The Balaban J connectivity index is 1.59. The maximum atomic E-state index is 12.8. The van der Waals surface area contributed by atoms with Crippen molar-refractivity contribution in [2.75, 3.05) is 5.75 Å². The van der Waals surface area contributed by atoms with Crippen molar-refractivity contribution in [2.24, 2.45) is 0 Å². The SMILES string of the molecule is O=C(O[C@@H]1[C@@H](OC(=O)c2cccnc2)[C@H](OC(=O)c2cccnc2)CS[C@H]1O)c1cccnc1. The lowest BCUT2D eigenvalue weighted by Crippen LogP contribution is -2.54. The number of esters is 3. The molecule has 1 aliphatic rings. The van der Waals surface area contributed by atoms with Gasteiger partial charge in [-0.2, -0.15) is 0 Å². The minimum Gasteiger partial charge on any atom is -0.454 e. The molecular formula is C23H19N3O7S. The van der Waals surface area contributed by atoms with Crippen LogP contribution in [0, 0.1) is 0 Å². The normalized spacial score (nSPS) is 21.8. The van der Waals surface area contributed by atoms with E-state index in [0.717, 1.165) is 11.8 Å². The van der Waals surface area contributed by atoms with Crippen molar-refractivity contribution in [2.45, 2.75) is 23.7 Å². The molecule has 0 bridgehead atoms. The van der Waals surface area contributed by atoms with Gasteiger partial charge in [-0.1, -0.05) is 0 Å². The minimum atomic E-state index is -1.32. The molecule has 0 amide bonds. The number of hydrogen-bond acceptors (Lipinski definition) is 11. The van der Waals surface area contributed by atoms with Crippen molar-refractivity contribution >= 4 is 29.7 Å². The van der Waals surface area contributed by atoms with Crippen LogP contribution in [0.3, 0.4) is 0 Å². The Bertz CT molecular complexity index is 1140. The van der Waals surface area contributed by atoms with Crippen molar-refractivity contribution in [3.05, 3.63) is 90.3 Å². The molecule has 1 fully saturated rings. The highest BCUT2D eigenvalue weighted by Crippen LogP contribution is 2.32.